The van der Waals surface area contributed by atoms with Gasteiger partial charge in [0.25, 0.3) is 0 Å². The Bertz CT molecular complexity index is 658. The Hall–Kier alpha value is -2.20. The Morgan fingerprint density at radius 1 is 1.29 bits per heavy atom. The van der Waals surface area contributed by atoms with Crippen molar-refractivity contribution in [2.45, 2.75) is 13.5 Å². The van der Waals surface area contributed by atoms with Crippen molar-refractivity contribution in [2.75, 3.05) is 18.1 Å². The molecule has 0 fully saturated rings. The lowest BCUT2D eigenvalue weighted by molar-refractivity contribution is 0.220. The van der Waals surface area contributed by atoms with Gasteiger partial charge in [-0.1, -0.05) is 29.8 Å². The molecular weight excluding hydrogens is 286 g/mol. The molecule has 0 aliphatic rings. The number of anilines is 2. The van der Waals surface area contributed by atoms with Gasteiger partial charge in [-0.2, -0.15) is 0 Å². The van der Waals surface area contributed by atoms with Crippen LogP contribution in [-0.4, -0.2) is 18.0 Å². The third kappa shape index (κ3) is 4.13. The molecule has 0 unspecified atom stereocenters. The Morgan fingerprint density at radius 2 is 2.05 bits per heavy atom. The zero-order valence-electron chi connectivity index (χ0n) is 12.1. The van der Waals surface area contributed by atoms with Gasteiger partial charge < -0.3 is 16.0 Å². The monoisotopic (exact) mass is 303 g/mol. The molecule has 0 aliphatic carbocycles. The van der Waals surface area contributed by atoms with Gasteiger partial charge in [0.1, 0.15) is 0 Å². The molecule has 0 saturated heterocycles. The number of nitrogen functional groups attached to an aromatic ring is 1. The first kappa shape index (κ1) is 15.2. The summed E-state index contributed by atoms with van der Waals surface area (Å²) in [6.45, 7) is 2.40. The van der Waals surface area contributed by atoms with Crippen LogP contribution in [-0.2, 0) is 6.54 Å². The largest absolute Gasteiger partial charge is 0.399 e. The van der Waals surface area contributed by atoms with E-state index in [1.807, 2.05) is 43.3 Å². The third-order valence-electron chi connectivity index (χ3n) is 3.14. The van der Waals surface area contributed by atoms with Crippen LogP contribution < -0.4 is 11.1 Å². The number of carbonyl (C=O) groups is 1. The fraction of sp³-hybridized carbons (Fsp3) is 0.188. The average molecular weight is 304 g/mol. The molecule has 5 heteroatoms. The summed E-state index contributed by atoms with van der Waals surface area (Å²) in [5.74, 6) is 0. The topological polar surface area (TPSA) is 58.4 Å². The van der Waals surface area contributed by atoms with Gasteiger partial charge in [-0.15, -0.1) is 0 Å². The second kappa shape index (κ2) is 6.50. The smallest absolute Gasteiger partial charge is 0.321 e. The summed E-state index contributed by atoms with van der Waals surface area (Å²) in [6, 6.07) is 12.7. The van der Waals surface area contributed by atoms with Gasteiger partial charge in [0.05, 0.1) is 0 Å². The molecule has 0 spiro atoms. The van der Waals surface area contributed by atoms with E-state index in [4.69, 9.17) is 17.3 Å². The molecule has 3 N–H and O–H groups in total. The quantitative estimate of drug-likeness (QED) is 0.845. The second-order valence-electron chi connectivity index (χ2n) is 5.00. The van der Waals surface area contributed by atoms with Crippen LogP contribution in [0.25, 0.3) is 0 Å². The normalized spacial score (nSPS) is 10.2. The SMILES string of the molecule is Cc1ccc(NC(=O)N(C)Cc2cccc(N)c2)cc1Cl. The van der Waals surface area contributed by atoms with Crippen LogP contribution in [0.2, 0.25) is 5.02 Å². The van der Waals surface area contributed by atoms with Gasteiger partial charge in [0.2, 0.25) is 0 Å². The minimum Gasteiger partial charge on any atom is -0.399 e. The highest BCUT2D eigenvalue weighted by molar-refractivity contribution is 6.31. The number of hydrogen-bond acceptors (Lipinski definition) is 2. The van der Waals surface area contributed by atoms with E-state index >= 15 is 0 Å². The number of aryl methyl sites for hydroxylation is 1. The summed E-state index contributed by atoms with van der Waals surface area (Å²) in [4.78, 5) is 13.7. The number of nitrogens with zero attached hydrogens (tertiary/aromatic N) is 1. The molecule has 2 aromatic carbocycles. The Labute approximate surface area is 129 Å². The van der Waals surface area contributed by atoms with Crippen LogP contribution in [0.15, 0.2) is 42.5 Å². The molecule has 0 aromatic heterocycles. The Kier molecular flexibility index (Phi) is 4.70. The first-order valence-corrected chi connectivity index (χ1v) is 6.96. The molecule has 4 nitrogen and oxygen atoms in total. The van der Waals surface area contributed by atoms with Gasteiger partial charge >= 0.3 is 6.03 Å². The number of halogens is 1. The summed E-state index contributed by atoms with van der Waals surface area (Å²) in [5.41, 5.74) is 9.05. The van der Waals surface area contributed by atoms with Gasteiger partial charge in [-0.25, -0.2) is 4.79 Å². The predicted molar refractivity (Wildman–Crippen MR) is 87.5 cm³/mol. The summed E-state index contributed by atoms with van der Waals surface area (Å²) in [6.07, 6.45) is 0. The van der Waals surface area contributed by atoms with Crippen molar-refractivity contribution in [3.8, 4) is 0 Å². The van der Waals surface area contributed by atoms with E-state index in [0.717, 1.165) is 11.1 Å². The maximum absolute atomic E-state index is 12.1. The number of amides is 2. The Morgan fingerprint density at radius 3 is 2.71 bits per heavy atom. The lowest BCUT2D eigenvalue weighted by Gasteiger charge is -2.18. The molecule has 2 amide bonds. The van der Waals surface area contributed by atoms with Crippen LogP contribution >= 0.6 is 11.6 Å². The molecule has 0 aliphatic heterocycles. The lowest BCUT2D eigenvalue weighted by atomic mass is 10.2. The number of nitrogens with one attached hydrogen (secondary N) is 1. The molecular formula is C16H18ClN3O. The molecule has 0 radical (unpaired) electrons. The van der Waals surface area contributed by atoms with E-state index in [2.05, 4.69) is 5.32 Å². The van der Waals surface area contributed by atoms with Crippen molar-refractivity contribution in [1.29, 1.82) is 0 Å². The van der Waals surface area contributed by atoms with Gasteiger partial charge in [-0.05, 0) is 42.3 Å². The summed E-state index contributed by atoms with van der Waals surface area (Å²) >= 11 is 6.05. The number of carbonyl (C=O) groups excluding carboxylic acids is 1. The van der Waals surface area contributed by atoms with E-state index in [0.29, 0.717) is 22.9 Å². The predicted octanol–water partition coefficient (Wildman–Crippen LogP) is 3.89. The van der Waals surface area contributed by atoms with Crippen LogP contribution in [0.1, 0.15) is 11.1 Å². The van der Waals surface area contributed by atoms with E-state index in [1.54, 1.807) is 18.0 Å². The maximum atomic E-state index is 12.1. The first-order valence-electron chi connectivity index (χ1n) is 6.58. The van der Waals surface area contributed by atoms with Crippen LogP contribution in [0, 0.1) is 6.92 Å². The van der Waals surface area contributed by atoms with Crippen molar-refractivity contribution < 1.29 is 4.79 Å². The summed E-state index contributed by atoms with van der Waals surface area (Å²) in [7, 11) is 1.73. The number of urea groups is 1. The van der Waals surface area contributed by atoms with E-state index in [-0.39, 0.29) is 6.03 Å². The number of rotatable bonds is 3. The minimum absolute atomic E-state index is 0.197. The van der Waals surface area contributed by atoms with Crippen LogP contribution in [0.4, 0.5) is 16.2 Å². The standard InChI is InChI=1S/C16H18ClN3O/c1-11-6-7-14(9-15(11)17)19-16(21)20(2)10-12-4-3-5-13(18)8-12/h3-9H,10,18H2,1-2H3,(H,19,21). The first-order chi connectivity index (χ1) is 9.95. The van der Waals surface area contributed by atoms with E-state index in [1.165, 1.54) is 0 Å². The molecule has 2 aromatic rings. The summed E-state index contributed by atoms with van der Waals surface area (Å²) < 4.78 is 0. The van der Waals surface area contributed by atoms with E-state index in [9.17, 15) is 4.79 Å². The minimum atomic E-state index is -0.197. The Balaban J connectivity index is 2.00. The molecule has 0 heterocycles. The van der Waals surface area contributed by atoms with Gasteiger partial charge in [0, 0.05) is 30.0 Å². The van der Waals surface area contributed by atoms with Gasteiger partial charge in [0.15, 0.2) is 0 Å². The zero-order valence-corrected chi connectivity index (χ0v) is 12.8. The third-order valence-corrected chi connectivity index (χ3v) is 3.55. The highest BCUT2D eigenvalue weighted by Gasteiger charge is 2.10. The molecule has 2 rings (SSSR count). The molecule has 0 atom stereocenters. The van der Waals surface area contributed by atoms with Gasteiger partial charge in [-0.3, -0.25) is 0 Å². The van der Waals surface area contributed by atoms with Crippen molar-refractivity contribution in [3.63, 3.8) is 0 Å². The second-order valence-corrected chi connectivity index (χ2v) is 5.40. The number of benzene rings is 2. The van der Waals surface area contributed by atoms with Crippen molar-refractivity contribution in [2.24, 2.45) is 0 Å². The zero-order chi connectivity index (χ0) is 15.4. The average Bonchev–Trinajstić information content (AvgIpc) is 2.43. The van der Waals surface area contributed by atoms with E-state index < -0.39 is 0 Å². The van der Waals surface area contributed by atoms with Crippen LogP contribution in [0.3, 0.4) is 0 Å². The fourth-order valence-corrected chi connectivity index (χ4v) is 2.11. The molecule has 21 heavy (non-hydrogen) atoms. The fourth-order valence-electron chi connectivity index (χ4n) is 1.93. The maximum Gasteiger partial charge on any atom is 0.321 e. The highest BCUT2D eigenvalue weighted by Crippen LogP contribution is 2.20. The number of hydrogen-bond donors (Lipinski definition) is 2. The van der Waals surface area contributed by atoms with Crippen molar-refractivity contribution in [1.82, 2.24) is 4.90 Å². The van der Waals surface area contributed by atoms with Crippen molar-refractivity contribution >= 4 is 29.0 Å². The lowest BCUT2D eigenvalue weighted by Crippen LogP contribution is -2.30. The van der Waals surface area contributed by atoms with Crippen LogP contribution in [0.5, 0.6) is 0 Å². The molecule has 110 valence electrons. The summed E-state index contributed by atoms with van der Waals surface area (Å²) in [5, 5.41) is 3.45. The van der Waals surface area contributed by atoms with Crippen molar-refractivity contribution in [3.05, 3.63) is 58.6 Å². The number of nitrogens with two attached hydrogens (primary N) is 1. The molecule has 0 saturated carbocycles. The molecule has 0 bridgehead atoms. The highest BCUT2D eigenvalue weighted by atomic mass is 35.5.